The van der Waals surface area contributed by atoms with Crippen LogP contribution in [0, 0.1) is 29.3 Å². The predicted molar refractivity (Wildman–Crippen MR) is 45.5 cm³/mol. The van der Waals surface area contributed by atoms with Gasteiger partial charge in [0.2, 0.25) is 11.6 Å². The molecule has 1 rings (SSSR count). The third-order valence-corrected chi connectivity index (χ3v) is 1.75. The monoisotopic (exact) mass is 221 g/mol. The van der Waals surface area contributed by atoms with E-state index >= 15 is 0 Å². The number of hydrogen-bond donors (Lipinski definition) is 0. The minimum atomic E-state index is -1.88. The molecule has 1 nitrogen and oxygen atoms in total. The third-order valence-electron chi connectivity index (χ3n) is 1.75. The first-order chi connectivity index (χ1) is 7.07. The SMILES string of the molecule is CCCCOc1[c]c(F)c(F)c(F)c1F. The van der Waals surface area contributed by atoms with E-state index in [1.54, 1.807) is 6.07 Å². The Hall–Kier alpha value is -1.26. The zero-order valence-electron chi connectivity index (χ0n) is 8.04. The van der Waals surface area contributed by atoms with Crippen LogP contribution in [0.15, 0.2) is 0 Å². The molecule has 1 aromatic rings. The lowest BCUT2D eigenvalue weighted by Crippen LogP contribution is -2.04. The molecule has 0 heterocycles. The minimum absolute atomic E-state index is 0.106. The molecule has 0 aromatic heterocycles. The van der Waals surface area contributed by atoms with E-state index in [0.717, 1.165) is 6.42 Å². The fourth-order valence-electron chi connectivity index (χ4n) is 0.920. The number of unbranched alkanes of at least 4 members (excludes halogenated alkanes) is 1. The van der Waals surface area contributed by atoms with Crippen LogP contribution in [0.2, 0.25) is 0 Å². The second kappa shape index (κ2) is 5.00. The molecule has 1 radical (unpaired) electrons. The molecule has 0 atom stereocenters. The lowest BCUT2D eigenvalue weighted by Gasteiger charge is -2.07. The maximum absolute atomic E-state index is 12.9. The van der Waals surface area contributed by atoms with Gasteiger partial charge in [-0.15, -0.1) is 0 Å². The Kier molecular flexibility index (Phi) is 3.94. The predicted octanol–water partition coefficient (Wildman–Crippen LogP) is 3.22. The highest BCUT2D eigenvalue weighted by Crippen LogP contribution is 2.23. The highest BCUT2D eigenvalue weighted by Gasteiger charge is 2.20. The van der Waals surface area contributed by atoms with E-state index in [1.807, 2.05) is 6.92 Å². The Balaban J connectivity index is 2.89. The Morgan fingerprint density at radius 2 is 1.73 bits per heavy atom. The van der Waals surface area contributed by atoms with Gasteiger partial charge in [0.05, 0.1) is 12.7 Å². The first-order valence-corrected chi connectivity index (χ1v) is 4.46. The molecule has 15 heavy (non-hydrogen) atoms. The van der Waals surface area contributed by atoms with Crippen molar-refractivity contribution in [2.45, 2.75) is 19.8 Å². The summed E-state index contributed by atoms with van der Waals surface area (Å²) in [5.41, 5.74) is 0. The van der Waals surface area contributed by atoms with E-state index in [4.69, 9.17) is 4.74 Å². The minimum Gasteiger partial charge on any atom is -0.490 e. The smallest absolute Gasteiger partial charge is 0.204 e. The lowest BCUT2D eigenvalue weighted by atomic mass is 10.3. The zero-order chi connectivity index (χ0) is 11.4. The van der Waals surface area contributed by atoms with Gasteiger partial charge >= 0.3 is 0 Å². The van der Waals surface area contributed by atoms with Crippen molar-refractivity contribution in [3.8, 4) is 5.75 Å². The van der Waals surface area contributed by atoms with Crippen LogP contribution < -0.4 is 4.74 Å². The van der Waals surface area contributed by atoms with Gasteiger partial charge < -0.3 is 4.74 Å². The molecular weight excluding hydrogens is 212 g/mol. The van der Waals surface area contributed by atoms with E-state index in [2.05, 4.69) is 0 Å². The first-order valence-electron chi connectivity index (χ1n) is 4.46. The van der Waals surface area contributed by atoms with E-state index in [0.29, 0.717) is 6.42 Å². The normalized spacial score (nSPS) is 10.5. The van der Waals surface area contributed by atoms with E-state index in [1.165, 1.54) is 0 Å². The summed E-state index contributed by atoms with van der Waals surface area (Å²) in [5.74, 6) is -7.61. The topological polar surface area (TPSA) is 9.23 Å². The number of rotatable bonds is 4. The maximum Gasteiger partial charge on any atom is 0.204 e. The standard InChI is InChI=1S/C10H9F4O/c1-2-3-4-15-7-5-6(11)8(12)10(14)9(7)13/h2-4H2,1H3. The Labute approximate surface area is 84.7 Å². The van der Waals surface area contributed by atoms with Crippen LogP contribution in [0.3, 0.4) is 0 Å². The summed E-state index contributed by atoms with van der Waals surface area (Å²) in [6.45, 7) is 1.98. The number of hydrogen-bond acceptors (Lipinski definition) is 1. The first kappa shape index (κ1) is 11.8. The number of ether oxygens (including phenoxy) is 1. The second-order valence-corrected chi connectivity index (χ2v) is 2.91. The van der Waals surface area contributed by atoms with E-state index < -0.39 is 29.0 Å². The molecule has 0 N–H and O–H groups in total. The van der Waals surface area contributed by atoms with Gasteiger partial charge in [-0.1, -0.05) is 13.3 Å². The van der Waals surface area contributed by atoms with Crippen LogP contribution in [0.25, 0.3) is 0 Å². The molecule has 0 fully saturated rings. The van der Waals surface area contributed by atoms with E-state index in [-0.39, 0.29) is 6.61 Å². The lowest BCUT2D eigenvalue weighted by molar-refractivity contribution is 0.279. The molecule has 0 aliphatic heterocycles. The molecular formula is C10H9F4O. The third kappa shape index (κ3) is 2.61. The van der Waals surface area contributed by atoms with Crippen LogP contribution in [0.5, 0.6) is 5.75 Å². The van der Waals surface area contributed by atoms with Crippen LogP contribution in [-0.4, -0.2) is 6.61 Å². The van der Waals surface area contributed by atoms with Crippen LogP contribution in [0.1, 0.15) is 19.8 Å². The van der Waals surface area contributed by atoms with Crippen molar-refractivity contribution in [2.75, 3.05) is 6.61 Å². The van der Waals surface area contributed by atoms with Crippen molar-refractivity contribution in [1.29, 1.82) is 0 Å². The molecule has 0 saturated heterocycles. The maximum atomic E-state index is 12.9. The van der Waals surface area contributed by atoms with Crippen molar-refractivity contribution in [3.63, 3.8) is 0 Å². The largest absolute Gasteiger partial charge is 0.490 e. The molecule has 0 unspecified atom stereocenters. The van der Waals surface area contributed by atoms with Gasteiger partial charge in [-0.05, 0) is 6.42 Å². The van der Waals surface area contributed by atoms with Crippen molar-refractivity contribution < 1.29 is 22.3 Å². The van der Waals surface area contributed by atoms with Gasteiger partial charge in [0.1, 0.15) is 0 Å². The summed E-state index contributed by atoms with van der Waals surface area (Å²) < 4.78 is 55.4. The summed E-state index contributed by atoms with van der Waals surface area (Å²) in [6, 6.07) is 1.66. The Bertz CT molecular complexity index is 352. The zero-order valence-corrected chi connectivity index (χ0v) is 8.04. The van der Waals surface area contributed by atoms with Crippen LogP contribution in [-0.2, 0) is 0 Å². The van der Waals surface area contributed by atoms with E-state index in [9.17, 15) is 17.6 Å². The Morgan fingerprint density at radius 3 is 2.33 bits per heavy atom. The molecule has 0 aliphatic carbocycles. The average Bonchev–Trinajstić information content (AvgIpc) is 2.23. The molecule has 0 spiro atoms. The molecule has 0 amide bonds. The Morgan fingerprint density at radius 1 is 1.07 bits per heavy atom. The van der Waals surface area contributed by atoms with Gasteiger partial charge in [-0.2, -0.15) is 4.39 Å². The highest BCUT2D eigenvalue weighted by molar-refractivity contribution is 5.25. The van der Waals surface area contributed by atoms with Crippen molar-refractivity contribution in [2.24, 2.45) is 0 Å². The van der Waals surface area contributed by atoms with Gasteiger partial charge in [0.15, 0.2) is 17.4 Å². The van der Waals surface area contributed by atoms with Gasteiger partial charge in [0, 0.05) is 0 Å². The fraction of sp³-hybridized carbons (Fsp3) is 0.400. The van der Waals surface area contributed by atoms with Crippen molar-refractivity contribution in [3.05, 3.63) is 29.3 Å². The molecule has 0 aliphatic rings. The summed E-state index contributed by atoms with van der Waals surface area (Å²) in [5, 5.41) is 0. The second-order valence-electron chi connectivity index (χ2n) is 2.91. The van der Waals surface area contributed by atoms with Gasteiger partial charge in [-0.3, -0.25) is 0 Å². The molecule has 0 saturated carbocycles. The molecule has 0 bridgehead atoms. The summed E-state index contributed by atoms with van der Waals surface area (Å²) in [7, 11) is 0. The average molecular weight is 221 g/mol. The number of benzene rings is 1. The quantitative estimate of drug-likeness (QED) is 0.328. The highest BCUT2D eigenvalue weighted by atomic mass is 19.2. The fourth-order valence-corrected chi connectivity index (χ4v) is 0.920. The molecule has 83 valence electrons. The summed E-state index contributed by atoms with van der Waals surface area (Å²) in [6.07, 6.45) is 1.39. The van der Waals surface area contributed by atoms with Gasteiger partial charge in [-0.25, -0.2) is 13.2 Å². The molecule has 5 heteroatoms. The van der Waals surface area contributed by atoms with Gasteiger partial charge in [0.25, 0.3) is 0 Å². The van der Waals surface area contributed by atoms with Crippen molar-refractivity contribution in [1.82, 2.24) is 0 Å². The summed E-state index contributed by atoms with van der Waals surface area (Å²) >= 11 is 0. The van der Waals surface area contributed by atoms with Crippen LogP contribution in [0.4, 0.5) is 17.6 Å². The number of halogens is 4. The van der Waals surface area contributed by atoms with Crippen LogP contribution >= 0.6 is 0 Å². The van der Waals surface area contributed by atoms with Crippen molar-refractivity contribution >= 4 is 0 Å². The molecule has 1 aromatic carbocycles. The summed E-state index contributed by atoms with van der Waals surface area (Å²) in [4.78, 5) is 0.